The van der Waals surface area contributed by atoms with E-state index in [1.54, 1.807) is 19.2 Å². The molecule has 0 radical (unpaired) electrons. The van der Waals surface area contributed by atoms with Gasteiger partial charge in [-0.1, -0.05) is 17.3 Å². The minimum absolute atomic E-state index is 0.00518. The molecular formula is C21H27N5O5. The number of hydrogen-bond donors (Lipinski definition) is 1. The molecule has 2 fully saturated rings. The number of nitrogens with zero attached hydrogens (tertiary/aromatic N) is 4. The van der Waals surface area contributed by atoms with Gasteiger partial charge in [0.05, 0.1) is 25.8 Å². The van der Waals surface area contributed by atoms with Gasteiger partial charge in [0.1, 0.15) is 11.9 Å². The van der Waals surface area contributed by atoms with Crippen molar-refractivity contribution in [3.05, 3.63) is 36.0 Å². The third kappa shape index (κ3) is 5.39. The van der Waals surface area contributed by atoms with E-state index in [4.69, 9.17) is 14.0 Å². The molecule has 0 unspecified atom stereocenters. The normalized spacial score (nSPS) is 19.4. The Bertz CT molecular complexity index is 903. The topological polar surface area (TPSA) is 110 Å². The molecule has 4 rings (SSSR count). The number of ether oxygens (including phenoxy) is 2. The predicted octanol–water partition coefficient (Wildman–Crippen LogP) is 1.08. The lowest BCUT2D eigenvalue weighted by Gasteiger charge is -2.35. The lowest BCUT2D eigenvalue weighted by Crippen LogP contribution is -2.51. The van der Waals surface area contributed by atoms with Gasteiger partial charge in [-0.3, -0.25) is 14.5 Å². The lowest BCUT2D eigenvalue weighted by molar-refractivity contribution is -0.142. The first kappa shape index (κ1) is 21.3. The Balaban J connectivity index is 1.24. The number of hydrogen-bond acceptors (Lipinski definition) is 8. The molecular weight excluding hydrogens is 402 g/mol. The van der Waals surface area contributed by atoms with E-state index >= 15 is 0 Å². The maximum Gasteiger partial charge on any atom is 0.251 e. The fraction of sp³-hybridized carbons (Fsp3) is 0.524. The van der Waals surface area contributed by atoms with Crippen molar-refractivity contribution in [1.82, 2.24) is 19.9 Å². The first-order valence-corrected chi connectivity index (χ1v) is 10.5. The number of benzene rings is 1. The minimum Gasteiger partial charge on any atom is -0.495 e. The van der Waals surface area contributed by atoms with E-state index in [0.717, 1.165) is 25.9 Å². The Labute approximate surface area is 180 Å². The molecule has 0 bridgehead atoms. The maximum atomic E-state index is 12.4. The summed E-state index contributed by atoms with van der Waals surface area (Å²) in [5.74, 6) is 1.21. The molecule has 2 aliphatic rings. The Morgan fingerprint density at radius 1 is 1.23 bits per heavy atom. The van der Waals surface area contributed by atoms with Crippen LogP contribution in [0.4, 0.5) is 5.69 Å². The van der Waals surface area contributed by atoms with E-state index in [9.17, 15) is 9.59 Å². The molecule has 31 heavy (non-hydrogen) atoms. The molecule has 0 spiro atoms. The number of rotatable bonds is 7. The van der Waals surface area contributed by atoms with Gasteiger partial charge in [0.2, 0.25) is 11.8 Å². The van der Waals surface area contributed by atoms with E-state index in [0.29, 0.717) is 49.4 Å². The quantitative estimate of drug-likeness (QED) is 0.696. The highest BCUT2D eigenvalue weighted by atomic mass is 16.5. The van der Waals surface area contributed by atoms with Gasteiger partial charge in [0, 0.05) is 32.8 Å². The van der Waals surface area contributed by atoms with Crippen LogP contribution in [-0.4, -0.2) is 77.8 Å². The number of anilines is 1. The fourth-order valence-electron chi connectivity index (χ4n) is 3.81. The van der Waals surface area contributed by atoms with Gasteiger partial charge >= 0.3 is 0 Å². The average Bonchev–Trinajstić information content (AvgIpc) is 3.47. The standard InChI is InChI=1S/C21H27N5O5/c1-29-16-6-3-2-5-15(16)22-19(27)13-18-23-20(31-24-18)14-25-8-10-26(11-9-25)21(28)17-7-4-12-30-17/h2-3,5-6,17H,4,7-14H2,1H3,(H,22,27)/t17-/m1/s1. The number of aromatic nitrogens is 2. The smallest absolute Gasteiger partial charge is 0.251 e. The van der Waals surface area contributed by atoms with E-state index < -0.39 is 0 Å². The summed E-state index contributed by atoms with van der Waals surface area (Å²) >= 11 is 0. The SMILES string of the molecule is COc1ccccc1NC(=O)Cc1noc(CN2CCN(C(=O)[C@H]3CCCO3)CC2)n1. The molecule has 1 N–H and O–H groups in total. The van der Waals surface area contributed by atoms with Gasteiger partial charge in [-0.15, -0.1) is 0 Å². The molecule has 1 aromatic heterocycles. The number of carbonyl (C=O) groups excluding carboxylic acids is 2. The summed E-state index contributed by atoms with van der Waals surface area (Å²) in [6.45, 7) is 3.92. The zero-order chi connectivity index (χ0) is 21.6. The Kier molecular flexibility index (Phi) is 6.78. The summed E-state index contributed by atoms with van der Waals surface area (Å²) in [7, 11) is 1.55. The van der Waals surface area contributed by atoms with Crippen molar-refractivity contribution in [3.8, 4) is 5.75 Å². The number of amides is 2. The zero-order valence-electron chi connectivity index (χ0n) is 17.6. The summed E-state index contributed by atoms with van der Waals surface area (Å²) in [5.41, 5.74) is 0.592. The summed E-state index contributed by atoms with van der Waals surface area (Å²) < 4.78 is 16.0. The lowest BCUT2D eigenvalue weighted by atomic mass is 10.2. The van der Waals surface area contributed by atoms with E-state index in [2.05, 4.69) is 20.4 Å². The van der Waals surface area contributed by atoms with Crippen LogP contribution in [-0.2, 0) is 27.3 Å². The molecule has 2 aliphatic heterocycles. The maximum absolute atomic E-state index is 12.4. The first-order valence-electron chi connectivity index (χ1n) is 10.5. The van der Waals surface area contributed by atoms with Crippen molar-refractivity contribution in [1.29, 1.82) is 0 Å². The summed E-state index contributed by atoms with van der Waals surface area (Å²) in [6.07, 6.45) is 1.50. The molecule has 1 atom stereocenters. The van der Waals surface area contributed by atoms with Crippen molar-refractivity contribution in [3.63, 3.8) is 0 Å². The third-order valence-electron chi connectivity index (χ3n) is 5.46. The van der Waals surface area contributed by atoms with Crippen LogP contribution >= 0.6 is 0 Å². The van der Waals surface area contributed by atoms with E-state index in [1.807, 2.05) is 17.0 Å². The Morgan fingerprint density at radius 2 is 2.03 bits per heavy atom. The number of para-hydroxylation sites is 2. The number of methoxy groups -OCH3 is 1. The fourth-order valence-corrected chi connectivity index (χ4v) is 3.81. The highest BCUT2D eigenvalue weighted by molar-refractivity contribution is 5.93. The summed E-state index contributed by atoms with van der Waals surface area (Å²) in [5, 5.41) is 6.71. The van der Waals surface area contributed by atoms with Crippen molar-refractivity contribution in [2.75, 3.05) is 45.2 Å². The molecule has 2 aromatic rings. The molecule has 3 heterocycles. The molecule has 2 saturated heterocycles. The largest absolute Gasteiger partial charge is 0.495 e. The number of piperazine rings is 1. The number of nitrogens with one attached hydrogen (secondary N) is 1. The number of carbonyl (C=O) groups is 2. The van der Waals surface area contributed by atoms with Crippen molar-refractivity contribution >= 4 is 17.5 Å². The van der Waals surface area contributed by atoms with Gasteiger partial charge in [0.25, 0.3) is 5.91 Å². The predicted molar refractivity (Wildman–Crippen MR) is 110 cm³/mol. The van der Waals surface area contributed by atoms with Gasteiger partial charge in [-0.25, -0.2) is 0 Å². The monoisotopic (exact) mass is 429 g/mol. The van der Waals surface area contributed by atoms with Crippen LogP contribution in [0.3, 0.4) is 0 Å². The van der Waals surface area contributed by atoms with Crippen LogP contribution in [0.2, 0.25) is 0 Å². The molecule has 10 nitrogen and oxygen atoms in total. The Morgan fingerprint density at radius 3 is 2.77 bits per heavy atom. The minimum atomic E-state index is -0.271. The van der Waals surface area contributed by atoms with Crippen LogP contribution < -0.4 is 10.1 Å². The van der Waals surface area contributed by atoms with Gasteiger partial charge in [0.15, 0.2) is 5.82 Å². The average molecular weight is 429 g/mol. The summed E-state index contributed by atoms with van der Waals surface area (Å²) in [6, 6.07) is 7.19. The second-order valence-corrected chi connectivity index (χ2v) is 7.63. The van der Waals surface area contributed by atoms with Crippen LogP contribution in [0.5, 0.6) is 5.75 Å². The van der Waals surface area contributed by atoms with Crippen LogP contribution in [0.15, 0.2) is 28.8 Å². The molecule has 10 heteroatoms. The van der Waals surface area contributed by atoms with Crippen LogP contribution in [0, 0.1) is 0 Å². The van der Waals surface area contributed by atoms with E-state index in [-0.39, 0.29) is 24.3 Å². The molecule has 0 aliphatic carbocycles. The molecule has 0 saturated carbocycles. The van der Waals surface area contributed by atoms with Crippen molar-refractivity contribution in [2.24, 2.45) is 0 Å². The highest BCUT2D eigenvalue weighted by Gasteiger charge is 2.30. The van der Waals surface area contributed by atoms with Gasteiger partial charge in [-0.05, 0) is 25.0 Å². The van der Waals surface area contributed by atoms with Crippen molar-refractivity contribution in [2.45, 2.75) is 31.9 Å². The summed E-state index contributed by atoms with van der Waals surface area (Å²) in [4.78, 5) is 33.1. The molecule has 2 amide bonds. The second-order valence-electron chi connectivity index (χ2n) is 7.63. The van der Waals surface area contributed by atoms with Crippen molar-refractivity contribution < 1.29 is 23.6 Å². The van der Waals surface area contributed by atoms with Crippen LogP contribution in [0.1, 0.15) is 24.6 Å². The second kappa shape index (κ2) is 9.88. The third-order valence-corrected chi connectivity index (χ3v) is 5.46. The molecule has 1 aromatic carbocycles. The Hall–Kier alpha value is -2.98. The zero-order valence-corrected chi connectivity index (χ0v) is 17.6. The van der Waals surface area contributed by atoms with Crippen LogP contribution in [0.25, 0.3) is 0 Å². The van der Waals surface area contributed by atoms with E-state index in [1.165, 1.54) is 0 Å². The first-order chi connectivity index (χ1) is 15.1. The highest BCUT2D eigenvalue weighted by Crippen LogP contribution is 2.23. The van der Waals surface area contributed by atoms with Gasteiger partial charge < -0.3 is 24.2 Å². The molecule has 166 valence electrons. The van der Waals surface area contributed by atoms with Gasteiger partial charge in [-0.2, -0.15) is 4.98 Å².